The van der Waals surface area contributed by atoms with Gasteiger partial charge in [-0.3, -0.25) is 9.59 Å². The summed E-state index contributed by atoms with van der Waals surface area (Å²) >= 11 is 0. The van der Waals surface area contributed by atoms with E-state index in [0.29, 0.717) is 0 Å². The Morgan fingerprint density at radius 2 is 1.03 bits per heavy atom. The normalized spacial score (nSPS) is 51.8. The van der Waals surface area contributed by atoms with Crippen LogP contribution in [0.15, 0.2) is 71.3 Å². The lowest BCUT2D eigenvalue weighted by atomic mass is 9.39. The van der Waals surface area contributed by atoms with Crippen molar-refractivity contribution in [1.29, 1.82) is 0 Å². The Labute approximate surface area is 209 Å². The Morgan fingerprint density at radius 3 is 1.33 bits per heavy atom. The number of hydrogen-bond donors (Lipinski definition) is 4. The smallest absolute Gasteiger partial charge is 0.210 e. The van der Waals surface area contributed by atoms with E-state index in [-0.39, 0.29) is 22.7 Å². The second-order valence-electron chi connectivity index (χ2n) is 11.0. The van der Waals surface area contributed by atoms with Crippen LogP contribution in [0, 0.1) is 22.7 Å². The lowest BCUT2D eigenvalue weighted by Crippen LogP contribution is -2.74. The molecule has 5 fully saturated rings. The van der Waals surface area contributed by atoms with Gasteiger partial charge in [-0.1, -0.05) is 36.5 Å². The van der Waals surface area contributed by atoms with Crippen molar-refractivity contribution in [1.82, 2.24) is 0 Å². The third kappa shape index (κ3) is 2.15. The van der Waals surface area contributed by atoms with Crippen molar-refractivity contribution in [3.8, 4) is 0 Å². The molecule has 0 spiro atoms. The lowest BCUT2D eigenvalue weighted by Gasteiger charge is -2.58. The first kappa shape index (κ1) is 24.9. The van der Waals surface area contributed by atoms with Crippen molar-refractivity contribution in [2.45, 2.75) is 64.3 Å². The van der Waals surface area contributed by atoms with Gasteiger partial charge in [0.15, 0.2) is 11.6 Å². The minimum atomic E-state index is -2.26. The number of rotatable bonds is 4. The number of ketones is 2. The molecule has 36 heavy (non-hydrogen) atoms. The van der Waals surface area contributed by atoms with Gasteiger partial charge in [0.05, 0.1) is 10.8 Å². The highest BCUT2D eigenvalue weighted by Crippen LogP contribution is 2.83. The second kappa shape index (κ2) is 6.95. The molecule has 8 nitrogen and oxygen atoms in total. The van der Waals surface area contributed by atoms with Crippen LogP contribution in [-0.4, -0.2) is 54.8 Å². The largest absolute Gasteiger partial charge is 0.508 e. The average Bonchev–Trinajstić information content (AvgIpc) is 3.12. The van der Waals surface area contributed by atoms with Crippen LogP contribution in [0.25, 0.3) is 0 Å². The van der Waals surface area contributed by atoms with Gasteiger partial charge in [-0.2, -0.15) is 0 Å². The van der Waals surface area contributed by atoms with Crippen molar-refractivity contribution >= 4 is 11.6 Å². The minimum Gasteiger partial charge on any atom is -0.508 e. The van der Waals surface area contributed by atoms with E-state index >= 15 is 0 Å². The summed E-state index contributed by atoms with van der Waals surface area (Å²) in [5, 5.41) is 46.6. The predicted octanol–water partition coefficient (Wildman–Crippen LogP) is 3.25. The summed E-state index contributed by atoms with van der Waals surface area (Å²) in [6.07, 6.45) is 12.6. The summed E-state index contributed by atoms with van der Waals surface area (Å²) in [6.45, 7) is 9.48. The number of allylic oxidation sites excluding steroid dienone is 8. The maximum Gasteiger partial charge on any atom is 0.210 e. The fourth-order valence-corrected chi connectivity index (χ4v) is 7.94. The van der Waals surface area contributed by atoms with E-state index in [9.17, 15) is 30.0 Å². The van der Waals surface area contributed by atoms with Gasteiger partial charge >= 0.3 is 0 Å². The monoisotopic (exact) mass is 496 g/mol. The molecule has 8 bridgehead atoms. The quantitative estimate of drug-likeness (QED) is 0.265. The molecule has 0 aromatic carbocycles. The number of aliphatic hydroxyl groups is 4. The zero-order valence-electron chi connectivity index (χ0n) is 21.2. The van der Waals surface area contributed by atoms with Crippen molar-refractivity contribution in [2.75, 3.05) is 0 Å². The maximum atomic E-state index is 14.3. The molecule has 5 rings (SSSR count). The highest BCUT2D eigenvalue weighted by Gasteiger charge is 2.99. The van der Waals surface area contributed by atoms with Crippen molar-refractivity contribution < 1.29 is 39.5 Å². The molecule has 0 unspecified atom stereocenters. The summed E-state index contributed by atoms with van der Waals surface area (Å²) in [6, 6.07) is 0. The molecule has 8 heteroatoms. The van der Waals surface area contributed by atoms with E-state index in [0.717, 1.165) is 0 Å². The van der Waals surface area contributed by atoms with Gasteiger partial charge in [0.2, 0.25) is 11.6 Å². The van der Waals surface area contributed by atoms with Gasteiger partial charge < -0.3 is 29.9 Å². The molecule has 0 aromatic rings. The molecule has 0 aromatic heterocycles. The molecule has 4 N–H and O–H groups in total. The van der Waals surface area contributed by atoms with Gasteiger partial charge in [0.25, 0.3) is 0 Å². The Balaban J connectivity index is 1.93. The molecule has 192 valence electrons. The summed E-state index contributed by atoms with van der Waals surface area (Å²) in [4.78, 5) is 28.7. The third-order valence-electron chi connectivity index (χ3n) is 9.41. The Bertz CT molecular complexity index is 1190. The molecule has 2 aliphatic heterocycles. The molecule has 3 aliphatic carbocycles. The van der Waals surface area contributed by atoms with Crippen LogP contribution in [0.3, 0.4) is 0 Å². The topological polar surface area (TPSA) is 134 Å². The minimum absolute atomic E-state index is 0.113. The molecular weight excluding hydrogens is 464 g/mol. The number of ether oxygens (including phenoxy) is 2. The van der Waals surface area contributed by atoms with Crippen molar-refractivity contribution in [2.24, 2.45) is 22.7 Å². The van der Waals surface area contributed by atoms with Gasteiger partial charge in [-0.05, 0) is 53.7 Å². The summed E-state index contributed by atoms with van der Waals surface area (Å²) in [5.74, 6) is -9.12. The first-order valence-electron chi connectivity index (χ1n) is 12.1. The fourth-order valence-electron chi connectivity index (χ4n) is 7.94. The van der Waals surface area contributed by atoms with Crippen LogP contribution >= 0.6 is 0 Å². The highest BCUT2D eigenvalue weighted by atomic mass is 16.8. The summed E-state index contributed by atoms with van der Waals surface area (Å²) in [5.41, 5.74) is -7.52. The van der Waals surface area contributed by atoms with E-state index < -0.39 is 57.0 Å². The molecule has 2 saturated heterocycles. The van der Waals surface area contributed by atoms with E-state index in [4.69, 9.17) is 9.47 Å². The summed E-state index contributed by atoms with van der Waals surface area (Å²) < 4.78 is 12.5. The first-order chi connectivity index (χ1) is 16.7. The molecular formula is C28H32O8. The van der Waals surface area contributed by atoms with Crippen LogP contribution in [0.1, 0.15) is 41.5 Å². The fraction of sp³-hybridized carbons (Fsp3) is 0.500. The number of carbonyl (C=O) groups excluding carboxylic acids is 2. The van der Waals surface area contributed by atoms with Crippen LogP contribution in [-0.2, 0) is 19.1 Å². The number of carbonyl (C=O) groups is 2. The maximum absolute atomic E-state index is 14.3. The molecule has 0 radical (unpaired) electrons. The Kier molecular flexibility index (Phi) is 4.81. The van der Waals surface area contributed by atoms with Crippen LogP contribution in [0.4, 0.5) is 0 Å². The zero-order chi connectivity index (χ0) is 26.7. The second-order valence-corrected chi connectivity index (χ2v) is 11.0. The van der Waals surface area contributed by atoms with Crippen LogP contribution in [0.2, 0.25) is 0 Å². The Morgan fingerprint density at radius 1 is 0.694 bits per heavy atom. The Hall–Kier alpha value is -2.78. The van der Waals surface area contributed by atoms with Gasteiger partial charge in [-0.15, -0.1) is 0 Å². The van der Waals surface area contributed by atoms with Crippen molar-refractivity contribution in [3.05, 3.63) is 71.3 Å². The van der Waals surface area contributed by atoms with Crippen LogP contribution in [0.5, 0.6) is 0 Å². The van der Waals surface area contributed by atoms with Gasteiger partial charge in [-0.25, -0.2) is 0 Å². The van der Waals surface area contributed by atoms with Crippen LogP contribution < -0.4 is 0 Å². The standard InChI is InChI=1S/C28H32O8/c1-7-9-11-13-15(29)17-19-23(3)22(32)18(16(30)14-12-10-8-2)20-24(4,21(17)31)28(34)25(19,5)35-27(23,33)26(20,6)36-28/h7-14,19-20,29-30,33-34H,1-6H3/b9-7+,10-8+,13-11+,14-12+,17-15?,18-16?/t19-,20-,23-,24-,25+,26+,27-,28-/m1/s1. The van der Waals surface area contributed by atoms with E-state index in [1.165, 1.54) is 39.8 Å². The predicted molar refractivity (Wildman–Crippen MR) is 129 cm³/mol. The zero-order valence-corrected chi connectivity index (χ0v) is 21.2. The highest BCUT2D eigenvalue weighted by molar-refractivity contribution is 6.13. The number of aliphatic hydroxyl groups excluding tert-OH is 2. The lowest BCUT2D eigenvalue weighted by molar-refractivity contribution is -0.450. The van der Waals surface area contributed by atoms with E-state index in [1.54, 1.807) is 50.3 Å². The number of Topliss-reactive ketones (excluding diaryl/α,β-unsaturated/α-hetero) is 2. The molecule has 2 heterocycles. The number of hydrogen-bond acceptors (Lipinski definition) is 8. The van der Waals surface area contributed by atoms with E-state index in [1.807, 2.05) is 0 Å². The van der Waals surface area contributed by atoms with Gasteiger partial charge in [0.1, 0.15) is 22.7 Å². The average molecular weight is 497 g/mol. The molecule has 0 amide bonds. The third-order valence-corrected chi connectivity index (χ3v) is 9.41. The molecule has 5 aliphatic rings. The SMILES string of the molecule is C/C=C/C=C/C(O)=C1C(=O)[C@@]2(C)[C@H]3C(=C(O)/C=C/C=C/C)C(=O)[C@@]4(C)[C@@H]1[C@]1(C)O[C@@]4(O)[C@@]3(C)O[C@@]12O. The molecule has 8 atom stereocenters. The molecule has 3 saturated carbocycles. The summed E-state index contributed by atoms with van der Waals surface area (Å²) in [7, 11) is 0. The van der Waals surface area contributed by atoms with E-state index in [2.05, 4.69) is 0 Å². The first-order valence-corrected chi connectivity index (χ1v) is 12.1. The van der Waals surface area contributed by atoms with Crippen molar-refractivity contribution in [3.63, 3.8) is 0 Å². The van der Waals surface area contributed by atoms with Gasteiger partial charge in [0, 0.05) is 23.0 Å².